The fourth-order valence-electron chi connectivity index (χ4n) is 1.30. The normalized spacial score (nSPS) is 10.8. The van der Waals surface area contributed by atoms with E-state index in [0.29, 0.717) is 19.5 Å². The van der Waals surface area contributed by atoms with E-state index >= 15 is 0 Å². The molecule has 0 aliphatic rings. The second-order valence-electron chi connectivity index (χ2n) is 3.50. The molecule has 0 atom stereocenters. The van der Waals surface area contributed by atoms with Crippen LogP contribution < -0.4 is 10.5 Å². The first-order valence-electron chi connectivity index (χ1n) is 5.38. The second kappa shape index (κ2) is 8.49. The Kier molecular flexibility index (Phi) is 8.19. The second-order valence-corrected chi connectivity index (χ2v) is 6.15. The topological polar surface area (TPSA) is 98.5 Å². The largest absolute Gasteiger partial charge is 0.465 e. The molecule has 9 heteroatoms. The molecule has 0 aliphatic heterocycles. The summed E-state index contributed by atoms with van der Waals surface area (Å²) in [6.07, 6.45) is 1.41. The van der Waals surface area contributed by atoms with Gasteiger partial charge in [-0.3, -0.25) is 0 Å². The molecule has 0 spiro atoms. The van der Waals surface area contributed by atoms with Gasteiger partial charge in [-0.2, -0.15) is 0 Å². The number of hydrogen-bond acceptors (Lipinski definition) is 6. The quantitative estimate of drug-likeness (QED) is 0.574. The molecule has 1 rings (SSSR count). The van der Waals surface area contributed by atoms with Gasteiger partial charge in [-0.25, -0.2) is 17.9 Å². The number of unbranched alkanes of at least 4 members (excludes halogenated alkanes) is 1. The summed E-state index contributed by atoms with van der Waals surface area (Å²) in [7, 11) is -2.45. The van der Waals surface area contributed by atoms with Crippen LogP contribution >= 0.6 is 23.7 Å². The van der Waals surface area contributed by atoms with Crippen LogP contribution in [-0.2, 0) is 14.8 Å². The summed E-state index contributed by atoms with van der Waals surface area (Å²) < 4.78 is 30.9. The van der Waals surface area contributed by atoms with E-state index in [9.17, 15) is 13.2 Å². The van der Waals surface area contributed by atoms with Gasteiger partial charge in [0.25, 0.3) is 0 Å². The molecule has 0 radical (unpaired) electrons. The van der Waals surface area contributed by atoms with Crippen molar-refractivity contribution < 1.29 is 17.9 Å². The van der Waals surface area contributed by atoms with E-state index in [2.05, 4.69) is 9.46 Å². The minimum absolute atomic E-state index is 0. The molecule has 6 nitrogen and oxygen atoms in total. The Morgan fingerprint density at radius 1 is 1.47 bits per heavy atom. The van der Waals surface area contributed by atoms with E-state index in [0.717, 1.165) is 17.8 Å². The Hall–Kier alpha value is -0.670. The SMILES string of the molecule is COC(=O)c1sccc1S(=O)(=O)NCCCCN.Cl. The lowest BCUT2D eigenvalue weighted by Crippen LogP contribution is -2.26. The van der Waals surface area contributed by atoms with E-state index in [4.69, 9.17) is 5.73 Å². The number of carbonyl (C=O) groups excluding carboxylic acids is 1. The smallest absolute Gasteiger partial charge is 0.349 e. The van der Waals surface area contributed by atoms with Gasteiger partial charge < -0.3 is 10.5 Å². The lowest BCUT2D eigenvalue weighted by atomic mass is 10.3. The number of methoxy groups -OCH3 is 1. The van der Waals surface area contributed by atoms with Crippen LogP contribution in [0.2, 0.25) is 0 Å². The van der Waals surface area contributed by atoms with Crippen molar-refractivity contribution in [2.24, 2.45) is 5.73 Å². The van der Waals surface area contributed by atoms with Crippen molar-refractivity contribution in [1.29, 1.82) is 0 Å². The summed E-state index contributed by atoms with van der Waals surface area (Å²) in [5, 5.41) is 1.54. The molecular weight excluding hydrogens is 312 g/mol. The molecule has 1 aromatic rings. The molecule has 0 bridgehead atoms. The Labute approximate surface area is 122 Å². The Morgan fingerprint density at radius 3 is 2.74 bits per heavy atom. The predicted molar refractivity (Wildman–Crippen MR) is 76.4 cm³/mol. The van der Waals surface area contributed by atoms with Gasteiger partial charge in [0.1, 0.15) is 9.77 Å². The molecule has 1 heterocycles. The first-order chi connectivity index (χ1) is 8.53. The van der Waals surface area contributed by atoms with Crippen LogP contribution in [0.4, 0.5) is 0 Å². The zero-order valence-electron chi connectivity index (χ0n) is 10.4. The van der Waals surface area contributed by atoms with Crippen molar-refractivity contribution in [3.8, 4) is 0 Å². The van der Waals surface area contributed by atoms with Gasteiger partial charge in [0, 0.05) is 6.54 Å². The lowest BCUT2D eigenvalue weighted by Gasteiger charge is -2.06. The van der Waals surface area contributed by atoms with E-state index in [-0.39, 0.29) is 22.2 Å². The fraction of sp³-hybridized carbons (Fsp3) is 0.500. The fourth-order valence-corrected chi connectivity index (χ4v) is 3.71. The van der Waals surface area contributed by atoms with Gasteiger partial charge in [0.05, 0.1) is 7.11 Å². The summed E-state index contributed by atoms with van der Waals surface area (Å²) in [5.41, 5.74) is 5.32. The van der Waals surface area contributed by atoms with Gasteiger partial charge in [0.2, 0.25) is 10.0 Å². The van der Waals surface area contributed by atoms with Crippen LogP contribution in [0.5, 0.6) is 0 Å². The number of carbonyl (C=O) groups is 1. The van der Waals surface area contributed by atoms with Crippen LogP contribution in [0.3, 0.4) is 0 Å². The minimum Gasteiger partial charge on any atom is -0.465 e. The molecule has 0 amide bonds. The van der Waals surface area contributed by atoms with Crippen LogP contribution in [0.25, 0.3) is 0 Å². The molecule has 1 aromatic heterocycles. The third kappa shape index (κ3) is 5.07. The van der Waals surface area contributed by atoms with Gasteiger partial charge in [-0.15, -0.1) is 23.7 Å². The van der Waals surface area contributed by atoms with Crippen molar-refractivity contribution >= 4 is 39.7 Å². The summed E-state index contributed by atoms with van der Waals surface area (Å²) >= 11 is 1.04. The highest BCUT2D eigenvalue weighted by atomic mass is 35.5. The number of thiophene rings is 1. The molecule has 0 unspecified atom stereocenters. The van der Waals surface area contributed by atoms with Crippen LogP contribution in [0.1, 0.15) is 22.5 Å². The number of esters is 1. The maximum Gasteiger partial charge on any atom is 0.349 e. The minimum atomic E-state index is -3.66. The Morgan fingerprint density at radius 2 is 2.16 bits per heavy atom. The summed E-state index contributed by atoms with van der Waals surface area (Å²) in [6.45, 7) is 0.823. The zero-order valence-corrected chi connectivity index (χ0v) is 12.9. The zero-order chi connectivity index (χ0) is 13.6. The molecule has 0 fully saturated rings. The van der Waals surface area contributed by atoms with Gasteiger partial charge in [0.15, 0.2) is 0 Å². The van der Waals surface area contributed by atoms with Crippen molar-refractivity contribution in [2.75, 3.05) is 20.2 Å². The number of rotatable bonds is 7. The number of halogens is 1. The van der Waals surface area contributed by atoms with E-state index in [1.54, 1.807) is 5.38 Å². The van der Waals surface area contributed by atoms with Gasteiger partial charge in [-0.05, 0) is 30.8 Å². The van der Waals surface area contributed by atoms with E-state index < -0.39 is 16.0 Å². The lowest BCUT2D eigenvalue weighted by molar-refractivity contribution is 0.0602. The maximum atomic E-state index is 12.0. The number of hydrogen-bond donors (Lipinski definition) is 2. The average molecular weight is 329 g/mol. The van der Waals surface area contributed by atoms with Crippen LogP contribution in [-0.4, -0.2) is 34.6 Å². The van der Waals surface area contributed by atoms with E-state index in [1.165, 1.54) is 13.2 Å². The molecule has 0 saturated carbocycles. The van der Waals surface area contributed by atoms with Gasteiger partial charge >= 0.3 is 5.97 Å². The number of ether oxygens (including phenoxy) is 1. The number of sulfonamides is 1. The molecule has 19 heavy (non-hydrogen) atoms. The maximum absolute atomic E-state index is 12.0. The van der Waals surface area contributed by atoms with Crippen molar-refractivity contribution in [3.63, 3.8) is 0 Å². The summed E-state index contributed by atoms with van der Waals surface area (Å²) in [6, 6.07) is 1.39. The Balaban J connectivity index is 0.00000324. The Bertz CT molecular complexity index is 501. The highest BCUT2D eigenvalue weighted by Crippen LogP contribution is 2.22. The molecule has 0 saturated heterocycles. The highest BCUT2D eigenvalue weighted by Gasteiger charge is 2.23. The third-order valence-corrected chi connectivity index (χ3v) is 4.74. The summed E-state index contributed by atoms with van der Waals surface area (Å²) in [4.78, 5) is 11.4. The predicted octanol–water partition coefficient (Wildman–Crippen LogP) is 0.974. The van der Waals surface area contributed by atoms with Crippen molar-refractivity contribution in [2.45, 2.75) is 17.7 Å². The monoisotopic (exact) mass is 328 g/mol. The first kappa shape index (κ1) is 18.3. The molecular formula is C10H17ClN2O4S2. The molecule has 3 N–H and O–H groups in total. The van der Waals surface area contributed by atoms with Gasteiger partial charge in [-0.1, -0.05) is 0 Å². The first-order valence-corrected chi connectivity index (χ1v) is 7.74. The van der Waals surface area contributed by atoms with Crippen LogP contribution in [0, 0.1) is 0 Å². The highest BCUT2D eigenvalue weighted by molar-refractivity contribution is 7.89. The van der Waals surface area contributed by atoms with Crippen molar-refractivity contribution in [1.82, 2.24) is 4.72 Å². The van der Waals surface area contributed by atoms with Crippen LogP contribution in [0.15, 0.2) is 16.3 Å². The van der Waals surface area contributed by atoms with Crippen molar-refractivity contribution in [3.05, 3.63) is 16.3 Å². The number of nitrogens with one attached hydrogen (secondary N) is 1. The molecule has 110 valence electrons. The van der Waals surface area contributed by atoms with E-state index in [1.807, 2.05) is 0 Å². The molecule has 0 aromatic carbocycles. The summed E-state index contributed by atoms with van der Waals surface area (Å²) in [5.74, 6) is -0.646. The average Bonchev–Trinajstić information content (AvgIpc) is 2.83. The molecule has 0 aliphatic carbocycles. The standard InChI is InChI=1S/C10H16N2O4S2.ClH/c1-16-10(13)9-8(4-7-17-9)18(14,15)12-6-3-2-5-11;/h4,7,12H,2-3,5-6,11H2,1H3;1H. The number of nitrogens with two attached hydrogens (primary N) is 1. The third-order valence-electron chi connectivity index (χ3n) is 2.21.